The Balaban J connectivity index is 1.44. The van der Waals surface area contributed by atoms with E-state index in [9.17, 15) is 0 Å². The third-order valence-electron chi connectivity index (χ3n) is 8.70. The Labute approximate surface area is 256 Å². The SMILES string of the molecule is C=C1/C=C\C=C/C/C(c2ccccc2-c2ccccc2)=c2/ccccc2=C1c1ccc2c(c1)oc1c3ccccc3ccc21. The monoisotopic (exact) mass is 562 g/mol. The number of hydrogen-bond donors (Lipinski definition) is 0. The van der Waals surface area contributed by atoms with Crippen molar-refractivity contribution < 1.29 is 4.42 Å². The van der Waals surface area contributed by atoms with Gasteiger partial charge in [0.25, 0.3) is 0 Å². The molecule has 8 rings (SSSR count). The summed E-state index contributed by atoms with van der Waals surface area (Å²) in [5.74, 6) is 0. The van der Waals surface area contributed by atoms with Gasteiger partial charge in [-0.05, 0) is 79.4 Å². The minimum atomic E-state index is 0.806. The van der Waals surface area contributed by atoms with E-state index in [-0.39, 0.29) is 0 Å². The minimum absolute atomic E-state index is 0.806. The average Bonchev–Trinajstić information content (AvgIpc) is 3.46. The van der Waals surface area contributed by atoms with Crippen LogP contribution in [0.15, 0.2) is 174 Å². The van der Waals surface area contributed by atoms with E-state index in [0.717, 1.165) is 55.7 Å². The molecule has 1 aliphatic rings. The molecule has 0 atom stereocenters. The summed E-state index contributed by atoms with van der Waals surface area (Å²) in [6.45, 7) is 4.57. The van der Waals surface area contributed by atoms with Crippen LogP contribution in [0.4, 0.5) is 0 Å². The number of allylic oxidation sites excluding steroid dienone is 5. The zero-order valence-corrected chi connectivity index (χ0v) is 24.3. The molecule has 0 bridgehead atoms. The third kappa shape index (κ3) is 4.42. The van der Waals surface area contributed by atoms with E-state index < -0.39 is 0 Å². The van der Waals surface area contributed by atoms with Crippen molar-refractivity contribution in [2.24, 2.45) is 0 Å². The largest absolute Gasteiger partial charge is 0.455 e. The zero-order valence-electron chi connectivity index (χ0n) is 24.3. The van der Waals surface area contributed by atoms with Gasteiger partial charge in [0.2, 0.25) is 0 Å². The molecule has 0 spiro atoms. The normalized spacial score (nSPS) is 16.3. The highest BCUT2D eigenvalue weighted by molar-refractivity contribution is 6.15. The van der Waals surface area contributed by atoms with E-state index in [1.165, 1.54) is 32.9 Å². The first-order valence-corrected chi connectivity index (χ1v) is 15.1. The van der Waals surface area contributed by atoms with E-state index in [0.29, 0.717) is 0 Å². The second-order valence-corrected chi connectivity index (χ2v) is 11.3. The molecule has 0 N–H and O–H groups in total. The van der Waals surface area contributed by atoms with Gasteiger partial charge in [-0.15, -0.1) is 0 Å². The fraction of sp³-hybridized carbons (Fsp3) is 0.0233. The lowest BCUT2D eigenvalue weighted by molar-refractivity contribution is 0.672. The summed E-state index contributed by atoms with van der Waals surface area (Å²) in [6, 6.07) is 47.5. The fourth-order valence-corrected chi connectivity index (χ4v) is 6.64. The van der Waals surface area contributed by atoms with E-state index in [4.69, 9.17) is 4.42 Å². The molecule has 6 aromatic carbocycles. The van der Waals surface area contributed by atoms with Crippen molar-refractivity contribution in [3.05, 3.63) is 191 Å². The van der Waals surface area contributed by atoms with Crippen molar-refractivity contribution in [3.8, 4) is 11.1 Å². The van der Waals surface area contributed by atoms with Gasteiger partial charge in [-0.3, -0.25) is 0 Å². The van der Waals surface area contributed by atoms with Gasteiger partial charge in [-0.1, -0.05) is 146 Å². The van der Waals surface area contributed by atoms with Crippen LogP contribution < -0.4 is 10.4 Å². The van der Waals surface area contributed by atoms with Crippen molar-refractivity contribution in [3.63, 3.8) is 0 Å². The topological polar surface area (TPSA) is 13.1 Å². The lowest BCUT2D eigenvalue weighted by Crippen LogP contribution is -2.30. The molecule has 0 saturated carbocycles. The van der Waals surface area contributed by atoms with Gasteiger partial charge < -0.3 is 4.42 Å². The first-order chi connectivity index (χ1) is 21.8. The molecule has 44 heavy (non-hydrogen) atoms. The van der Waals surface area contributed by atoms with Gasteiger partial charge in [0.05, 0.1) is 0 Å². The molecule has 1 heterocycles. The van der Waals surface area contributed by atoms with E-state index in [2.05, 4.69) is 164 Å². The summed E-state index contributed by atoms with van der Waals surface area (Å²) in [4.78, 5) is 0. The molecule has 0 radical (unpaired) electrons. The number of rotatable bonds is 3. The Morgan fingerprint density at radius 2 is 1.27 bits per heavy atom. The molecule has 0 fully saturated rings. The highest BCUT2D eigenvalue weighted by Gasteiger charge is 2.16. The lowest BCUT2D eigenvalue weighted by atomic mass is 9.88. The molecule has 0 amide bonds. The van der Waals surface area contributed by atoms with Crippen molar-refractivity contribution in [2.75, 3.05) is 0 Å². The maximum Gasteiger partial charge on any atom is 0.143 e. The lowest BCUT2D eigenvalue weighted by Gasteiger charge is -2.15. The Morgan fingerprint density at radius 3 is 2.16 bits per heavy atom. The van der Waals surface area contributed by atoms with E-state index in [1.54, 1.807) is 0 Å². The van der Waals surface area contributed by atoms with Crippen LogP contribution in [-0.4, -0.2) is 0 Å². The number of fused-ring (bicyclic) bond motifs is 6. The van der Waals surface area contributed by atoms with Crippen LogP contribution in [0.1, 0.15) is 17.5 Å². The summed E-state index contributed by atoms with van der Waals surface area (Å²) < 4.78 is 6.60. The first-order valence-electron chi connectivity index (χ1n) is 15.1. The summed E-state index contributed by atoms with van der Waals surface area (Å²) in [7, 11) is 0. The number of hydrogen-bond acceptors (Lipinski definition) is 1. The Morgan fingerprint density at radius 1 is 0.545 bits per heavy atom. The molecular weight excluding hydrogens is 532 g/mol. The van der Waals surface area contributed by atoms with Crippen LogP contribution in [-0.2, 0) is 0 Å². The maximum atomic E-state index is 6.60. The second kappa shape index (κ2) is 10.9. The Kier molecular flexibility index (Phi) is 6.43. The number of furan rings is 1. The predicted octanol–water partition coefficient (Wildman–Crippen LogP) is 9.88. The second-order valence-electron chi connectivity index (χ2n) is 11.3. The molecule has 0 aliphatic heterocycles. The van der Waals surface area contributed by atoms with Crippen molar-refractivity contribution in [1.29, 1.82) is 0 Å². The summed E-state index contributed by atoms with van der Waals surface area (Å²) in [6.07, 6.45) is 9.40. The van der Waals surface area contributed by atoms with Crippen LogP contribution in [0, 0.1) is 0 Å². The summed E-state index contributed by atoms with van der Waals surface area (Å²) in [5.41, 5.74) is 9.94. The van der Waals surface area contributed by atoms with Crippen molar-refractivity contribution in [2.45, 2.75) is 6.42 Å². The Bertz CT molecular complexity index is 2420. The molecule has 0 unspecified atom stereocenters. The highest BCUT2D eigenvalue weighted by atomic mass is 16.3. The van der Waals surface area contributed by atoms with Gasteiger partial charge in [-0.2, -0.15) is 0 Å². The maximum absolute atomic E-state index is 6.60. The molecule has 0 saturated heterocycles. The smallest absolute Gasteiger partial charge is 0.143 e. The fourth-order valence-electron chi connectivity index (χ4n) is 6.64. The van der Waals surface area contributed by atoms with E-state index >= 15 is 0 Å². The molecular formula is C43H30O. The molecule has 1 aromatic heterocycles. The Hall–Kier alpha value is -5.66. The average molecular weight is 563 g/mol. The van der Waals surface area contributed by atoms with Gasteiger partial charge in [0.1, 0.15) is 11.2 Å². The third-order valence-corrected chi connectivity index (χ3v) is 8.70. The van der Waals surface area contributed by atoms with Crippen LogP contribution in [0.5, 0.6) is 0 Å². The quantitative estimate of drug-likeness (QED) is 0.209. The van der Waals surface area contributed by atoms with Crippen LogP contribution in [0.2, 0.25) is 0 Å². The van der Waals surface area contributed by atoms with Crippen LogP contribution in [0.25, 0.3) is 55.0 Å². The van der Waals surface area contributed by atoms with Gasteiger partial charge in [-0.25, -0.2) is 0 Å². The van der Waals surface area contributed by atoms with Crippen LogP contribution in [0.3, 0.4) is 0 Å². The van der Waals surface area contributed by atoms with Crippen molar-refractivity contribution >= 4 is 43.9 Å². The summed E-state index contributed by atoms with van der Waals surface area (Å²) >= 11 is 0. The molecule has 1 aliphatic carbocycles. The van der Waals surface area contributed by atoms with E-state index in [1.807, 2.05) is 0 Å². The molecule has 208 valence electrons. The standard InChI is InChI=1S/C43H30O/c1-29-14-4-2-7-20-36(35-21-11-10-18-33(35)30-15-5-3-6-16-30)37-22-12-13-23-39(37)42(29)32-25-26-38-40-27-24-31-17-8-9-19-34(31)43(40)44-41(38)28-32/h2-19,21-28H,1,20H2/b7-2-,14-4-,37-36+,42-39?. The van der Waals surface area contributed by atoms with Gasteiger partial charge >= 0.3 is 0 Å². The molecule has 7 aromatic rings. The van der Waals surface area contributed by atoms with Crippen molar-refractivity contribution in [1.82, 2.24) is 0 Å². The first kappa shape index (κ1) is 26.0. The zero-order chi connectivity index (χ0) is 29.5. The highest BCUT2D eigenvalue weighted by Crippen LogP contribution is 2.36. The van der Waals surface area contributed by atoms with Crippen LogP contribution >= 0.6 is 0 Å². The molecule has 1 heteroatoms. The van der Waals surface area contributed by atoms with Gasteiger partial charge in [0.15, 0.2) is 0 Å². The number of benzene rings is 6. The van der Waals surface area contributed by atoms with Gasteiger partial charge in [0, 0.05) is 16.2 Å². The molecule has 1 nitrogen and oxygen atoms in total. The minimum Gasteiger partial charge on any atom is -0.455 e. The predicted molar refractivity (Wildman–Crippen MR) is 186 cm³/mol. The summed E-state index contributed by atoms with van der Waals surface area (Å²) in [5, 5.41) is 6.95.